The standard InChI is InChI=1S/C54H69N7O10S/c1-33-49(72-32-57-33)39-18-16-36(17-19-39)28-56-51(66)43-27-41(62)29-60(43)53(68)50(54(3,4)5)59-46(64)31-70-25-24-69-23-22-35-12-14-37(15-13-35)30-71-34(2)42(20-21-45(55)63)58-52(67)44-26-40-10-6-8-38-9-7-11-47(65)61(44)48(38)40/h6,8,10,12-19,32,34,41-44,50,62H,7,9,11,20-31H2,1-5H3,(H2,55,63)(H,56,66)(H,58,67)(H,59,64)/t34-,41-,42+,43+,44+,50-/m1/s1. The molecule has 1 fully saturated rings. The quantitative estimate of drug-likeness (QED) is 0.0652. The lowest BCUT2D eigenvalue weighted by atomic mass is 9.85. The molecule has 0 unspecified atom stereocenters. The second-order valence-electron chi connectivity index (χ2n) is 20.1. The maximum Gasteiger partial charge on any atom is 0.246 e. The maximum atomic E-state index is 14.0. The number of ether oxygens (including phenoxy) is 3. The second-order valence-corrected chi connectivity index (χ2v) is 20.9. The third kappa shape index (κ3) is 13.9. The van der Waals surface area contributed by atoms with Crippen molar-refractivity contribution in [3.8, 4) is 10.4 Å². The number of aliphatic hydroxyl groups is 1. The van der Waals surface area contributed by atoms with E-state index < -0.39 is 59.5 Å². The number of thiazole rings is 1. The topological polar surface area (TPSA) is 232 Å². The highest BCUT2D eigenvalue weighted by atomic mass is 32.1. The van der Waals surface area contributed by atoms with Crippen molar-refractivity contribution in [1.29, 1.82) is 0 Å². The average molecular weight is 1010 g/mol. The molecule has 6 N–H and O–H groups in total. The summed E-state index contributed by atoms with van der Waals surface area (Å²) < 4.78 is 17.6. The van der Waals surface area contributed by atoms with E-state index in [0.717, 1.165) is 62.5 Å². The molecule has 4 heterocycles. The Hall–Kier alpha value is -6.05. The molecule has 0 spiro atoms. The number of benzene rings is 3. The monoisotopic (exact) mass is 1010 g/mol. The molecule has 6 amide bonds. The van der Waals surface area contributed by atoms with Crippen LogP contribution in [0.1, 0.15) is 93.3 Å². The molecule has 4 aromatic rings. The number of para-hydroxylation sites is 1. The first kappa shape index (κ1) is 53.7. The van der Waals surface area contributed by atoms with Crippen molar-refractivity contribution in [2.45, 2.75) is 136 Å². The molecular weight excluding hydrogens is 939 g/mol. The fourth-order valence-electron chi connectivity index (χ4n) is 9.54. The molecule has 1 saturated heterocycles. The largest absolute Gasteiger partial charge is 0.391 e. The van der Waals surface area contributed by atoms with E-state index in [1.165, 1.54) is 4.90 Å². The maximum absolute atomic E-state index is 14.0. The molecule has 3 aliphatic rings. The number of aliphatic hydroxyl groups excluding tert-OH is 1. The van der Waals surface area contributed by atoms with Gasteiger partial charge in [-0.25, -0.2) is 4.98 Å². The number of β-amino-alcohol motifs (C(OH)–C–C–N with tert-alkyl or cyclic N) is 1. The summed E-state index contributed by atoms with van der Waals surface area (Å²) in [5.74, 6) is -2.14. The number of anilines is 1. The Morgan fingerprint density at radius 2 is 1.60 bits per heavy atom. The first-order chi connectivity index (χ1) is 34.5. The fraction of sp³-hybridized carbons (Fsp3) is 0.500. The number of aromatic nitrogens is 1. The summed E-state index contributed by atoms with van der Waals surface area (Å²) in [5, 5.41) is 19.4. The van der Waals surface area contributed by atoms with E-state index in [0.29, 0.717) is 32.3 Å². The van der Waals surface area contributed by atoms with Crippen molar-refractivity contribution < 1.29 is 48.1 Å². The molecule has 386 valence electrons. The lowest BCUT2D eigenvalue weighted by Gasteiger charge is -2.35. The van der Waals surface area contributed by atoms with Gasteiger partial charge < -0.3 is 45.9 Å². The summed E-state index contributed by atoms with van der Waals surface area (Å²) in [6.45, 7) is 10.3. The van der Waals surface area contributed by atoms with Gasteiger partial charge in [0, 0.05) is 38.8 Å². The minimum absolute atomic E-state index is 0.0277. The molecule has 6 atom stereocenters. The SMILES string of the molecule is Cc1ncsc1-c1ccc(CNC(=O)[C@@H]2C[C@@H](O)CN2C(=O)[C@@H](NC(=O)COCCOCCc2ccc(CO[C@H](C)[C@H](CCC(N)=O)NC(=O)[C@@H]3Cc4cccc5c4N3C(=O)CCC5)cc2)C(C)(C)C)cc1. The third-order valence-electron chi connectivity index (χ3n) is 13.6. The minimum Gasteiger partial charge on any atom is -0.391 e. The van der Waals surface area contributed by atoms with Crippen molar-refractivity contribution in [2.24, 2.45) is 11.1 Å². The number of rotatable bonds is 23. The lowest BCUT2D eigenvalue weighted by molar-refractivity contribution is -0.144. The third-order valence-corrected chi connectivity index (χ3v) is 14.5. The molecule has 0 aliphatic carbocycles. The van der Waals surface area contributed by atoms with E-state index in [-0.39, 0.29) is 70.1 Å². The normalized spacial score (nSPS) is 18.8. The van der Waals surface area contributed by atoms with E-state index in [9.17, 15) is 33.9 Å². The highest BCUT2D eigenvalue weighted by Gasteiger charge is 2.45. The van der Waals surface area contributed by atoms with Gasteiger partial charge in [-0.1, -0.05) is 87.5 Å². The van der Waals surface area contributed by atoms with Crippen LogP contribution in [0.2, 0.25) is 0 Å². The van der Waals surface area contributed by atoms with Gasteiger partial charge in [-0.2, -0.15) is 0 Å². The van der Waals surface area contributed by atoms with E-state index in [2.05, 4.69) is 20.9 Å². The summed E-state index contributed by atoms with van der Waals surface area (Å²) in [7, 11) is 0. The van der Waals surface area contributed by atoms with E-state index in [1.807, 2.05) is 107 Å². The van der Waals surface area contributed by atoms with E-state index in [4.69, 9.17) is 19.9 Å². The molecule has 0 radical (unpaired) electrons. The number of primary amides is 1. The van der Waals surface area contributed by atoms with Crippen molar-refractivity contribution in [3.63, 3.8) is 0 Å². The minimum atomic E-state index is -0.981. The summed E-state index contributed by atoms with van der Waals surface area (Å²) in [4.78, 5) is 87.8. The van der Waals surface area contributed by atoms with Crippen LogP contribution in [0.5, 0.6) is 0 Å². The lowest BCUT2D eigenvalue weighted by Crippen LogP contribution is -2.58. The predicted molar refractivity (Wildman–Crippen MR) is 272 cm³/mol. The number of carbonyl (C=O) groups excluding carboxylic acids is 6. The second kappa shape index (κ2) is 24.6. The van der Waals surface area contributed by atoms with Gasteiger partial charge in [0.05, 0.1) is 66.4 Å². The van der Waals surface area contributed by atoms with Crippen LogP contribution in [0.25, 0.3) is 10.4 Å². The number of carbonyl (C=O) groups is 6. The predicted octanol–water partition coefficient (Wildman–Crippen LogP) is 4.45. The number of amides is 6. The van der Waals surface area contributed by atoms with Gasteiger partial charge in [0.1, 0.15) is 24.7 Å². The molecule has 3 aliphatic heterocycles. The van der Waals surface area contributed by atoms with Crippen molar-refractivity contribution in [1.82, 2.24) is 25.8 Å². The molecule has 72 heavy (non-hydrogen) atoms. The summed E-state index contributed by atoms with van der Waals surface area (Å²) >= 11 is 1.57. The van der Waals surface area contributed by atoms with Crippen LogP contribution in [0.3, 0.4) is 0 Å². The molecule has 0 bridgehead atoms. The van der Waals surface area contributed by atoms with Crippen LogP contribution < -0.4 is 26.6 Å². The number of hydrogen-bond acceptors (Lipinski definition) is 12. The smallest absolute Gasteiger partial charge is 0.246 e. The van der Waals surface area contributed by atoms with Gasteiger partial charge in [-0.05, 0) is 78.3 Å². The zero-order valence-electron chi connectivity index (χ0n) is 41.9. The van der Waals surface area contributed by atoms with Gasteiger partial charge in [-0.3, -0.25) is 33.7 Å². The van der Waals surface area contributed by atoms with Gasteiger partial charge in [-0.15, -0.1) is 11.3 Å². The van der Waals surface area contributed by atoms with Crippen molar-refractivity contribution >= 4 is 52.5 Å². The molecule has 3 aromatic carbocycles. The number of aryl methyl sites for hydroxylation is 2. The van der Waals surface area contributed by atoms with Gasteiger partial charge in [0.15, 0.2) is 0 Å². The zero-order valence-corrected chi connectivity index (χ0v) is 42.8. The molecule has 18 heteroatoms. The summed E-state index contributed by atoms with van der Waals surface area (Å²) in [6.07, 6.45) is 2.06. The zero-order chi connectivity index (χ0) is 51.5. The summed E-state index contributed by atoms with van der Waals surface area (Å²) in [5.41, 5.74) is 14.4. The molecular formula is C54H69N7O10S. The van der Waals surface area contributed by atoms with Crippen molar-refractivity contribution in [2.75, 3.05) is 37.9 Å². The van der Waals surface area contributed by atoms with Gasteiger partial charge in [0.2, 0.25) is 35.4 Å². The van der Waals surface area contributed by atoms with Crippen LogP contribution in [0.4, 0.5) is 5.69 Å². The molecule has 17 nitrogen and oxygen atoms in total. The molecule has 7 rings (SSSR count). The van der Waals surface area contributed by atoms with Crippen LogP contribution >= 0.6 is 11.3 Å². The number of hydrogen-bond donors (Lipinski definition) is 5. The number of nitrogens with one attached hydrogen (secondary N) is 3. The van der Waals surface area contributed by atoms with E-state index >= 15 is 0 Å². The van der Waals surface area contributed by atoms with E-state index in [1.54, 1.807) is 16.2 Å². The first-order valence-electron chi connectivity index (χ1n) is 24.9. The first-order valence-corrected chi connectivity index (χ1v) is 25.8. The number of likely N-dealkylation sites (tertiary alicyclic amines) is 1. The highest BCUT2D eigenvalue weighted by Crippen LogP contribution is 2.39. The Bertz CT molecular complexity index is 2550. The van der Waals surface area contributed by atoms with Crippen LogP contribution in [0.15, 0.2) is 72.2 Å². The number of nitrogens with two attached hydrogens (primary N) is 1. The van der Waals surface area contributed by atoms with Crippen LogP contribution in [-0.2, 0) is 75.4 Å². The fourth-order valence-corrected chi connectivity index (χ4v) is 10.4. The Labute approximate surface area is 425 Å². The number of nitrogens with zero attached hydrogens (tertiary/aromatic N) is 3. The average Bonchev–Trinajstić information content (AvgIpc) is 4.06. The molecule has 1 aromatic heterocycles. The van der Waals surface area contributed by atoms with Crippen LogP contribution in [-0.4, -0.2) is 120 Å². The Morgan fingerprint density at radius 3 is 2.31 bits per heavy atom. The summed E-state index contributed by atoms with van der Waals surface area (Å²) in [6, 6.07) is 18.6. The Morgan fingerprint density at radius 1 is 0.889 bits per heavy atom. The van der Waals surface area contributed by atoms with Crippen molar-refractivity contribution in [3.05, 3.63) is 106 Å². The Kier molecular flexibility index (Phi) is 18.3. The highest BCUT2D eigenvalue weighted by molar-refractivity contribution is 7.13. The van der Waals surface area contributed by atoms with Gasteiger partial charge in [0.25, 0.3) is 0 Å². The molecule has 0 saturated carbocycles. The Balaban J connectivity index is 0.803. The van der Waals surface area contributed by atoms with Gasteiger partial charge >= 0.3 is 0 Å². The van der Waals surface area contributed by atoms with Crippen LogP contribution in [0, 0.1) is 12.3 Å².